The van der Waals surface area contributed by atoms with Crippen LogP contribution in [0.25, 0.3) is 0 Å². The lowest BCUT2D eigenvalue weighted by Crippen LogP contribution is -2.30. The van der Waals surface area contributed by atoms with E-state index in [0.717, 1.165) is 95.8 Å². The molecule has 0 radical (unpaired) electrons. The van der Waals surface area contributed by atoms with Gasteiger partial charge in [0.25, 0.3) is 0 Å². The monoisotopic (exact) mass is 1510 g/mol. The van der Waals surface area contributed by atoms with Gasteiger partial charge in [0, 0.05) is 25.7 Å². The summed E-state index contributed by atoms with van der Waals surface area (Å²) in [5.74, 6) is -1.34. The number of ether oxygens (including phenoxy) is 4. The molecule has 0 fully saturated rings. The van der Waals surface area contributed by atoms with Crippen molar-refractivity contribution in [2.24, 2.45) is 5.92 Å². The minimum atomic E-state index is -4.96. The Morgan fingerprint density at radius 1 is 0.262 bits per heavy atom. The SMILES string of the molecule is CCCCCCCCCCCCCCCCCCCCCCCCC(=O)O[C@H](COC(=O)CCCCCCCCCCCCCCCCCCCC)COP(=O)(O)OC[C@@H](O)COP(=O)(O)OC[C@@H](COC(=O)CCCCCCCCCCC)OC(=O)CCCCCCCCCCCCCC(C)C. The van der Waals surface area contributed by atoms with Crippen LogP contribution in [0.3, 0.4) is 0 Å². The van der Waals surface area contributed by atoms with Gasteiger partial charge >= 0.3 is 39.5 Å². The summed E-state index contributed by atoms with van der Waals surface area (Å²) in [6.07, 6.45) is 69.6. The van der Waals surface area contributed by atoms with E-state index in [1.54, 1.807) is 0 Å². The number of hydrogen-bond donors (Lipinski definition) is 3. The fourth-order valence-electron chi connectivity index (χ4n) is 13.1. The van der Waals surface area contributed by atoms with Crippen molar-refractivity contribution >= 4 is 39.5 Å². The maximum Gasteiger partial charge on any atom is 0.472 e. The topological polar surface area (TPSA) is 237 Å². The van der Waals surface area contributed by atoms with E-state index in [1.165, 1.54) is 276 Å². The molecule has 17 nitrogen and oxygen atoms in total. The molecule has 0 bridgehead atoms. The summed E-state index contributed by atoms with van der Waals surface area (Å²) in [6, 6.07) is 0. The van der Waals surface area contributed by atoms with E-state index in [0.29, 0.717) is 25.7 Å². The first-order valence-corrected chi connectivity index (χ1v) is 46.6. The lowest BCUT2D eigenvalue weighted by molar-refractivity contribution is -0.161. The van der Waals surface area contributed by atoms with Crippen LogP contribution in [0.2, 0.25) is 0 Å². The third-order valence-corrected chi connectivity index (χ3v) is 21.7. The second kappa shape index (κ2) is 76.8. The van der Waals surface area contributed by atoms with Crippen molar-refractivity contribution in [3.05, 3.63) is 0 Å². The van der Waals surface area contributed by atoms with Crippen molar-refractivity contribution in [3.8, 4) is 0 Å². The van der Waals surface area contributed by atoms with E-state index < -0.39 is 97.5 Å². The number of unbranched alkanes of at least 4 members (excludes halogenated alkanes) is 56. The first kappa shape index (κ1) is 101. The first-order valence-electron chi connectivity index (χ1n) is 43.6. The zero-order valence-electron chi connectivity index (χ0n) is 67.5. The average molecular weight is 1510 g/mol. The van der Waals surface area contributed by atoms with E-state index in [4.69, 9.17) is 37.0 Å². The molecular weight excluding hydrogens is 1340 g/mol. The van der Waals surface area contributed by atoms with Crippen LogP contribution in [0.5, 0.6) is 0 Å². The molecule has 19 heteroatoms. The van der Waals surface area contributed by atoms with Crippen molar-refractivity contribution in [1.29, 1.82) is 0 Å². The summed E-state index contributed by atoms with van der Waals surface area (Å²) in [6.45, 7) is 7.33. The lowest BCUT2D eigenvalue weighted by atomic mass is 10.0. The summed E-state index contributed by atoms with van der Waals surface area (Å²) >= 11 is 0. The van der Waals surface area contributed by atoms with E-state index >= 15 is 0 Å². The van der Waals surface area contributed by atoms with Crippen LogP contribution in [-0.2, 0) is 65.4 Å². The third kappa shape index (κ3) is 78.0. The third-order valence-electron chi connectivity index (χ3n) is 19.8. The molecule has 0 saturated heterocycles. The van der Waals surface area contributed by atoms with Crippen LogP contribution in [-0.4, -0.2) is 96.7 Å². The highest BCUT2D eigenvalue weighted by Crippen LogP contribution is 2.45. The molecule has 0 aliphatic heterocycles. The molecule has 2 unspecified atom stereocenters. The fourth-order valence-corrected chi connectivity index (χ4v) is 14.7. The number of carbonyl (C=O) groups excluding carboxylic acids is 4. The van der Waals surface area contributed by atoms with E-state index in [2.05, 4.69) is 34.6 Å². The predicted molar refractivity (Wildman–Crippen MR) is 423 cm³/mol. The smallest absolute Gasteiger partial charge is 0.462 e. The summed E-state index contributed by atoms with van der Waals surface area (Å²) < 4.78 is 68.8. The van der Waals surface area contributed by atoms with Gasteiger partial charge in [-0.3, -0.25) is 37.3 Å². The van der Waals surface area contributed by atoms with Crippen LogP contribution in [0, 0.1) is 5.92 Å². The van der Waals surface area contributed by atoms with Gasteiger partial charge in [-0.15, -0.1) is 0 Å². The Hall–Kier alpha value is -1.94. The van der Waals surface area contributed by atoms with Gasteiger partial charge in [-0.2, -0.15) is 0 Å². The van der Waals surface area contributed by atoms with Gasteiger partial charge < -0.3 is 33.8 Å². The molecule has 0 amide bonds. The molecule has 5 atom stereocenters. The van der Waals surface area contributed by atoms with Crippen LogP contribution in [0.15, 0.2) is 0 Å². The van der Waals surface area contributed by atoms with Crippen molar-refractivity contribution in [3.63, 3.8) is 0 Å². The van der Waals surface area contributed by atoms with E-state index in [-0.39, 0.29) is 25.7 Å². The van der Waals surface area contributed by atoms with E-state index in [9.17, 15) is 43.2 Å². The Morgan fingerprint density at radius 3 is 0.660 bits per heavy atom. The molecule has 612 valence electrons. The highest BCUT2D eigenvalue weighted by Gasteiger charge is 2.30. The van der Waals surface area contributed by atoms with Crippen molar-refractivity contribution < 1.29 is 80.2 Å². The molecule has 0 aromatic carbocycles. The van der Waals surface area contributed by atoms with Gasteiger partial charge in [-0.05, 0) is 31.6 Å². The summed E-state index contributed by atoms with van der Waals surface area (Å²) in [7, 11) is -9.92. The van der Waals surface area contributed by atoms with Gasteiger partial charge in [-0.25, -0.2) is 9.13 Å². The maximum absolute atomic E-state index is 13.1. The van der Waals surface area contributed by atoms with Gasteiger partial charge in [0.2, 0.25) is 0 Å². The lowest BCUT2D eigenvalue weighted by Gasteiger charge is -2.21. The van der Waals surface area contributed by atoms with Gasteiger partial charge in [0.15, 0.2) is 12.2 Å². The summed E-state index contributed by atoms with van der Waals surface area (Å²) in [4.78, 5) is 73.1. The Kier molecular flexibility index (Phi) is 75.4. The minimum absolute atomic E-state index is 0.107. The number of phosphoric ester groups is 2. The molecule has 103 heavy (non-hydrogen) atoms. The van der Waals surface area contributed by atoms with Crippen LogP contribution < -0.4 is 0 Å². The van der Waals surface area contributed by atoms with Gasteiger partial charge in [0.1, 0.15) is 19.3 Å². The zero-order chi connectivity index (χ0) is 75.5. The molecule has 0 aromatic heterocycles. The normalized spacial score (nSPS) is 13.8. The molecule has 0 aromatic rings. The van der Waals surface area contributed by atoms with Crippen LogP contribution in [0.1, 0.15) is 452 Å². The minimum Gasteiger partial charge on any atom is -0.462 e. The quantitative estimate of drug-likeness (QED) is 0.0222. The van der Waals surface area contributed by atoms with E-state index in [1.807, 2.05) is 0 Å². The molecule has 3 N–H and O–H groups in total. The highest BCUT2D eigenvalue weighted by molar-refractivity contribution is 7.47. The Bertz CT molecular complexity index is 1960. The van der Waals surface area contributed by atoms with Crippen molar-refractivity contribution in [2.75, 3.05) is 39.6 Å². The average Bonchev–Trinajstić information content (AvgIpc) is 0.938. The number of hydrogen-bond acceptors (Lipinski definition) is 15. The van der Waals surface area contributed by atoms with Gasteiger partial charge in [0.05, 0.1) is 26.4 Å². The number of aliphatic hydroxyl groups excluding tert-OH is 1. The van der Waals surface area contributed by atoms with Crippen LogP contribution >= 0.6 is 15.6 Å². The summed E-state index contributed by atoms with van der Waals surface area (Å²) in [5, 5.41) is 10.7. The second-order valence-electron chi connectivity index (χ2n) is 30.7. The van der Waals surface area contributed by atoms with Gasteiger partial charge in [-0.1, -0.05) is 401 Å². The number of phosphoric acid groups is 2. The molecular formula is C84H164O17P2. The van der Waals surface area contributed by atoms with Crippen molar-refractivity contribution in [2.45, 2.75) is 470 Å². The summed E-state index contributed by atoms with van der Waals surface area (Å²) in [5.41, 5.74) is 0. The Morgan fingerprint density at radius 2 is 0.447 bits per heavy atom. The Balaban J connectivity index is 5.19. The first-order chi connectivity index (χ1) is 50.0. The number of esters is 4. The zero-order valence-corrected chi connectivity index (χ0v) is 69.3. The molecule has 0 rings (SSSR count). The number of carbonyl (C=O) groups is 4. The largest absolute Gasteiger partial charge is 0.472 e. The second-order valence-corrected chi connectivity index (χ2v) is 33.6. The molecule has 0 spiro atoms. The maximum atomic E-state index is 13.1. The van der Waals surface area contributed by atoms with Crippen LogP contribution in [0.4, 0.5) is 0 Å². The molecule has 0 saturated carbocycles. The predicted octanol–water partition coefficient (Wildman–Crippen LogP) is 25.6. The fraction of sp³-hybridized carbons (Fsp3) is 0.952. The molecule has 0 heterocycles. The van der Waals surface area contributed by atoms with Crippen molar-refractivity contribution in [1.82, 2.24) is 0 Å². The highest BCUT2D eigenvalue weighted by atomic mass is 31.2. The standard InChI is InChI=1S/C84H164O17P2/c1-6-9-12-15-18-21-23-25-27-29-31-32-33-34-36-38-40-44-49-54-59-64-69-83(88)101-80(74-95-82(87)68-63-58-53-48-43-39-37-35-30-28-26-24-22-19-16-13-10-7-2)76-99-103(92,93)97-72-78(85)71-96-102(90,91)98-75-79(73-94-81(86)67-62-57-52-46-20-17-14-11-8-3)100-84(89)70-65-60-55-50-45-41-42-47-51-56-61-66-77(4)5/h77-80,85H,6-76H2,1-5H3,(H,90,91)(H,92,93)/t78-,79+,80+/m0/s1. The Labute approximate surface area is 632 Å². The number of aliphatic hydroxyl groups is 1. The number of rotatable bonds is 84. The molecule has 0 aliphatic carbocycles. The molecule has 0 aliphatic rings.